The van der Waals surface area contributed by atoms with Crippen molar-refractivity contribution in [3.05, 3.63) is 11.8 Å². The molecule has 0 unspecified atom stereocenters. The highest BCUT2D eigenvalue weighted by Gasteiger charge is 2.29. The van der Waals surface area contributed by atoms with E-state index in [0.717, 1.165) is 5.69 Å². The number of carbonyl (C=O) groups is 1. The average Bonchev–Trinajstić information content (AvgIpc) is 3.12. The van der Waals surface area contributed by atoms with Crippen LogP contribution in [0.1, 0.15) is 18.5 Å². The zero-order valence-corrected chi connectivity index (χ0v) is 15.1. The molecule has 0 aromatic carbocycles. The zero-order valence-electron chi connectivity index (χ0n) is 14.3. The standard InChI is InChI=1S/C14H20N6O4S/c1-9-8-11(19(2)18-9)13-16-17-14(24-13)15-12(21)10-4-6-20(7-5-10)25(3,22)23/h8,10H,4-7H2,1-3H3,(H,15,17,21). The van der Waals surface area contributed by atoms with Gasteiger partial charge in [0, 0.05) is 26.1 Å². The summed E-state index contributed by atoms with van der Waals surface area (Å²) in [5, 5.41) is 14.6. The number of sulfonamides is 1. The highest BCUT2D eigenvalue weighted by molar-refractivity contribution is 7.88. The molecule has 0 aliphatic carbocycles. The van der Waals surface area contributed by atoms with E-state index < -0.39 is 10.0 Å². The third-order valence-corrected chi connectivity index (χ3v) is 5.47. The van der Waals surface area contributed by atoms with E-state index in [1.807, 2.05) is 6.92 Å². The Morgan fingerprint density at radius 1 is 1.32 bits per heavy atom. The molecule has 0 atom stereocenters. The zero-order chi connectivity index (χ0) is 18.2. The largest absolute Gasteiger partial charge is 0.401 e. The first kappa shape index (κ1) is 17.5. The summed E-state index contributed by atoms with van der Waals surface area (Å²) in [4.78, 5) is 12.3. The van der Waals surface area contributed by atoms with Gasteiger partial charge in [0.15, 0.2) is 0 Å². The summed E-state index contributed by atoms with van der Waals surface area (Å²) in [5.41, 5.74) is 1.48. The first-order valence-electron chi connectivity index (χ1n) is 7.84. The molecule has 1 aliphatic heterocycles. The van der Waals surface area contributed by atoms with E-state index in [0.29, 0.717) is 31.6 Å². The molecule has 3 heterocycles. The van der Waals surface area contributed by atoms with Crippen LogP contribution in [0.3, 0.4) is 0 Å². The number of aromatic nitrogens is 4. The molecule has 0 spiro atoms. The minimum absolute atomic E-state index is 0.0180. The van der Waals surface area contributed by atoms with Crippen LogP contribution in [-0.2, 0) is 21.9 Å². The summed E-state index contributed by atoms with van der Waals surface area (Å²) < 4.78 is 31.5. The maximum atomic E-state index is 12.3. The Kier molecular flexibility index (Phi) is 4.60. The minimum Gasteiger partial charge on any atom is -0.401 e. The van der Waals surface area contributed by atoms with E-state index in [1.165, 1.54) is 10.6 Å². The fourth-order valence-corrected chi connectivity index (χ4v) is 3.72. The molecule has 1 aliphatic rings. The molecule has 2 aromatic rings. The summed E-state index contributed by atoms with van der Waals surface area (Å²) >= 11 is 0. The third kappa shape index (κ3) is 3.87. The molecule has 11 heteroatoms. The van der Waals surface area contributed by atoms with Crippen LogP contribution in [0, 0.1) is 12.8 Å². The Hall–Kier alpha value is -2.27. The van der Waals surface area contributed by atoms with Crippen LogP contribution in [0.2, 0.25) is 0 Å². The number of amides is 1. The van der Waals surface area contributed by atoms with E-state index in [9.17, 15) is 13.2 Å². The normalized spacial score (nSPS) is 16.9. The lowest BCUT2D eigenvalue weighted by Gasteiger charge is -2.28. The Labute approximate surface area is 145 Å². The number of hydrogen-bond acceptors (Lipinski definition) is 7. The average molecular weight is 368 g/mol. The smallest absolute Gasteiger partial charge is 0.322 e. The van der Waals surface area contributed by atoms with Crippen LogP contribution in [0.25, 0.3) is 11.6 Å². The molecular weight excluding hydrogens is 348 g/mol. The summed E-state index contributed by atoms with van der Waals surface area (Å²) in [6, 6.07) is 1.82. The van der Waals surface area contributed by atoms with Crippen LogP contribution in [-0.4, -0.2) is 58.0 Å². The molecule has 3 rings (SSSR count). The highest BCUT2D eigenvalue weighted by Crippen LogP contribution is 2.23. The lowest BCUT2D eigenvalue weighted by atomic mass is 9.97. The monoisotopic (exact) mass is 368 g/mol. The number of anilines is 1. The molecule has 1 N–H and O–H groups in total. The predicted octanol–water partition coefficient (Wildman–Crippen LogP) is 0.389. The highest BCUT2D eigenvalue weighted by atomic mass is 32.2. The molecule has 0 saturated carbocycles. The molecule has 0 bridgehead atoms. The van der Waals surface area contributed by atoms with Gasteiger partial charge in [-0.05, 0) is 25.8 Å². The Morgan fingerprint density at radius 2 is 2.00 bits per heavy atom. The van der Waals surface area contributed by atoms with E-state index in [-0.39, 0.29) is 23.7 Å². The minimum atomic E-state index is -3.21. The molecule has 10 nitrogen and oxygen atoms in total. The second-order valence-electron chi connectivity index (χ2n) is 6.13. The summed E-state index contributed by atoms with van der Waals surface area (Å²) in [6.45, 7) is 2.52. The lowest BCUT2D eigenvalue weighted by molar-refractivity contribution is -0.121. The first-order valence-corrected chi connectivity index (χ1v) is 9.69. The van der Waals surface area contributed by atoms with E-state index in [1.54, 1.807) is 17.8 Å². The number of nitrogens with zero attached hydrogens (tertiary/aromatic N) is 5. The van der Waals surface area contributed by atoms with Crippen molar-refractivity contribution in [1.82, 2.24) is 24.3 Å². The maximum absolute atomic E-state index is 12.3. The fraction of sp³-hybridized carbons (Fsp3) is 0.571. The number of piperidine rings is 1. The van der Waals surface area contributed by atoms with Gasteiger partial charge in [0.05, 0.1) is 11.9 Å². The second kappa shape index (κ2) is 6.56. The van der Waals surface area contributed by atoms with Crippen LogP contribution in [0.5, 0.6) is 0 Å². The van der Waals surface area contributed by atoms with Crippen LogP contribution >= 0.6 is 0 Å². The van der Waals surface area contributed by atoms with Gasteiger partial charge < -0.3 is 4.42 Å². The van der Waals surface area contributed by atoms with Crippen molar-refractivity contribution in [3.63, 3.8) is 0 Å². The summed E-state index contributed by atoms with van der Waals surface area (Å²) in [7, 11) is -1.45. The Bertz CT molecular complexity index is 879. The molecule has 136 valence electrons. The van der Waals surface area contributed by atoms with Gasteiger partial charge in [-0.25, -0.2) is 12.7 Å². The molecule has 2 aromatic heterocycles. The van der Waals surface area contributed by atoms with Gasteiger partial charge in [0.1, 0.15) is 5.69 Å². The first-order chi connectivity index (χ1) is 11.7. The lowest BCUT2D eigenvalue weighted by Crippen LogP contribution is -2.40. The van der Waals surface area contributed by atoms with Gasteiger partial charge in [0.2, 0.25) is 15.9 Å². The molecular formula is C14H20N6O4S. The van der Waals surface area contributed by atoms with Gasteiger partial charge >= 0.3 is 6.01 Å². The molecule has 1 saturated heterocycles. The third-order valence-electron chi connectivity index (χ3n) is 4.17. The van der Waals surface area contributed by atoms with E-state index in [4.69, 9.17) is 4.42 Å². The number of carbonyl (C=O) groups excluding carboxylic acids is 1. The maximum Gasteiger partial charge on any atom is 0.322 e. The van der Waals surface area contributed by atoms with Gasteiger partial charge in [0.25, 0.3) is 5.89 Å². The SMILES string of the molecule is Cc1cc(-c2nnc(NC(=O)C3CCN(S(C)(=O)=O)CC3)o2)n(C)n1. The number of rotatable bonds is 4. The van der Waals surface area contributed by atoms with Crippen LogP contribution in [0.4, 0.5) is 6.01 Å². The molecule has 0 radical (unpaired) electrons. The Morgan fingerprint density at radius 3 is 2.56 bits per heavy atom. The number of aryl methyl sites for hydroxylation is 2. The topological polar surface area (TPSA) is 123 Å². The van der Waals surface area contributed by atoms with Crippen molar-refractivity contribution in [2.45, 2.75) is 19.8 Å². The van der Waals surface area contributed by atoms with E-state index in [2.05, 4.69) is 20.6 Å². The second-order valence-corrected chi connectivity index (χ2v) is 8.11. The number of nitrogens with one attached hydrogen (secondary N) is 1. The van der Waals surface area contributed by atoms with Crippen molar-refractivity contribution in [1.29, 1.82) is 0 Å². The van der Waals surface area contributed by atoms with Crippen molar-refractivity contribution in [2.75, 3.05) is 24.7 Å². The summed E-state index contributed by atoms with van der Waals surface area (Å²) in [6.07, 6.45) is 2.09. The van der Waals surface area contributed by atoms with Crippen LogP contribution < -0.4 is 5.32 Å². The van der Waals surface area contributed by atoms with Gasteiger partial charge in [-0.1, -0.05) is 5.10 Å². The van der Waals surface area contributed by atoms with Gasteiger partial charge in [-0.15, -0.1) is 5.10 Å². The van der Waals surface area contributed by atoms with E-state index >= 15 is 0 Å². The predicted molar refractivity (Wildman–Crippen MR) is 89.0 cm³/mol. The van der Waals surface area contributed by atoms with Crippen molar-refractivity contribution < 1.29 is 17.6 Å². The quantitative estimate of drug-likeness (QED) is 0.828. The summed E-state index contributed by atoms with van der Waals surface area (Å²) in [5.74, 6) is -0.262. The molecule has 25 heavy (non-hydrogen) atoms. The van der Waals surface area contributed by atoms with Crippen molar-refractivity contribution >= 4 is 21.9 Å². The van der Waals surface area contributed by atoms with Crippen molar-refractivity contribution in [3.8, 4) is 11.6 Å². The molecule has 1 fully saturated rings. The Balaban J connectivity index is 1.62. The van der Waals surface area contributed by atoms with Crippen LogP contribution in [0.15, 0.2) is 10.5 Å². The fourth-order valence-electron chi connectivity index (χ4n) is 2.85. The van der Waals surface area contributed by atoms with Gasteiger partial charge in [-0.2, -0.15) is 5.10 Å². The number of hydrogen-bond donors (Lipinski definition) is 1. The molecule has 1 amide bonds. The van der Waals surface area contributed by atoms with Gasteiger partial charge in [-0.3, -0.25) is 14.8 Å². The van der Waals surface area contributed by atoms with Crippen molar-refractivity contribution in [2.24, 2.45) is 13.0 Å².